The molecule has 1 aromatic carbocycles. The van der Waals surface area contributed by atoms with E-state index in [0.29, 0.717) is 23.0 Å². The van der Waals surface area contributed by atoms with Crippen LogP contribution in [-0.2, 0) is 4.74 Å². The lowest BCUT2D eigenvalue weighted by molar-refractivity contribution is -0.0302. The Labute approximate surface area is 175 Å². The van der Waals surface area contributed by atoms with Crippen LogP contribution in [0.25, 0.3) is 10.9 Å². The second kappa shape index (κ2) is 8.93. The summed E-state index contributed by atoms with van der Waals surface area (Å²) in [6.07, 6.45) is 11.0. The quantitative estimate of drug-likeness (QED) is 0.612. The summed E-state index contributed by atoms with van der Waals surface area (Å²) in [7, 11) is 0. The molecular weight excluding hydrogens is 388 g/mol. The van der Waals surface area contributed by atoms with E-state index >= 15 is 0 Å². The van der Waals surface area contributed by atoms with Gasteiger partial charge in [0.05, 0.1) is 16.7 Å². The molecule has 7 heteroatoms. The first-order valence-corrected chi connectivity index (χ1v) is 10.5. The number of halogens is 1. The Balaban J connectivity index is 1.49. The van der Waals surface area contributed by atoms with Crippen molar-refractivity contribution in [3.05, 3.63) is 58.8 Å². The Morgan fingerprint density at radius 3 is 2.76 bits per heavy atom. The van der Waals surface area contributed by atoms with Crippen LogP contribution in [-0.4, -0.2) is 33.5 Å². The zero-order valence-corrected chi connectivity index (χ0v) is 17.2. The third-order valence-electron chi connectivity index (χ3n) is 5.44. The number of aryl methyl sites for hydroxylation is 1. The largest absolute Gasteiger partial charge is 0.368 e. The molecule has 2 heterocycles. The number of benzene rings is 1. The van der Waals surface area contributed by atoms with Gasteiger partial charge in [-0.2, -0.15) is 0 Å². The van der Waals surface area contributed by atoms with Crippen molar-refractivity contribution >= 4 is 28.4 Å². The maximum atomic E-state index is 12.8. The molecule has 0 saturated heterocycles. The van der Waals surface area contributed by atoms with Crippen LogP contribution < -0.4 is 5.32 Å². The number of carbonyl (C=O) groups excluding carboxylic acids is 1. The van der Waals surface area contributed by atoms with Crippen LogP contribution in [0.15, 0.2) is 36.8 Å². The zero-order chi connectivity index (χ0) is 20.2. The van der Waals surface area contributed by atoms with Gasteiger partial charge < -0.3 is 15.0 Å². The van der Waals surface area contributed by atoms with Gasteiger partial charge in [-0.15, -0.1) is 0 Å². The van der Waals surface area contributed by atoms with Crippen molar-refractivity contribution in [2.45, 2.75) is 51.2 Å². The Morgan fingerprint density at radius 1 is 1.24 bits per heavy atom. The smallest absolute Gasteiger partial charge is 0.252 e. The van der Waals surface area contributed by atoms with E-state index < -0.39 is 0 Å². The Morgan fingerprint density at radius 2 is 2.00 bits per heavy atom. The van der Waals surface area contributed by atoms with Gasteiger partial charge in [0.15, 0.2) is 0 Å². The third-order valence-corrected chi connectivity index (χ3v) is 5.85. The third kappa shape index (κ3) is 4.60. The SMILES string of the molecule is Cc1ncc(C(CNC(=O)c2ccc3[nH]ccc3c2Cl)OC2CCCCC2)cn1. The molecule has 1 unspecified atom stereocenters. The van der Waals surface area contributed by atoms with Crippen molar-refractivity contribution in [3.8, 4) is 0 Å². The fourth-order valence-electron chi connectivity index (χ4n) is 3.80. The number of amides is 1. The predicted octanol–water partition coefficient (Wildman–Crippen LogP) is 4.74. The van der Waals surface area contributed by atoms with Gasteiger partial charge in [-0.25, -0.2) is 9.97 Å². The molecule has 2 aromatic heterocycles. The summed E-state index contributed by atoms with van der Waals surface area (Å²) in [5.41, 5.74) is 2.23. The van der Waals surface area contributed by atoms with Crippen molar-refractivity contribution in [2.75, 3.05) is 6.54 Å². The average molecular weight is 413 g/mol. The zero-order valence-electron chi connectivity index (χ0n) is 16.5. The van der Waals surface area contributed by atoms with Gasteiger partial charge in [0, 0.05) is 41.6 Å². The first-order valence-electron chi connectivity index (χ1n) is 10.1. The molecule has 0 radical (unpaired) electrons. The van der Waals surface area contributed by atoms with E-state index in [-0.39, 0.29) is 18.1 Å². The maximum Gasteiger partial charge on any atom is 0.252 e. The molecule has 1 amide bonds. The average Bonchev–Trinajstić information content (AvgIpc) is 3.22. The lowest BCUT2D eigenvalue weighted by Crippen LogP contribution is -2.32. The molecule has 1 atom stereocenters. The van der Waals surface area contributed by atoms with Crippen LogP contribution in [0.4, 0.5) is 0 Å². The fourth-order valence-corrected chi connectivity index (χ4v) is 4.11. The summed E-state index contributed by atoms with van der Waals surface area (Å²) in [5.74, 6) is 0.490. The molecule has 4 rings (SSSR count). The molecular formula is C22H25ClN4O2. The summed E-state index contributed by atoms with van der Waals surface area (Å²) in [6, 6.07) is 5.47. The number of H-pyrrole nitrogens is 1. The topological polar surface area (TPSA) is 79.9 Å². The summed E-state index contributed by atoms with van der Waals surface area (Å²) < 4.78 is 6.36. The predicted molar refractivity (Wildman–Crippen MR) is 113 cm³/mol. The number of fused-ring (bicyclic) bond motifs is 1. The highest BCUT2D eigenvalue weighted by atomic mass is 35.5. The second-order valence-electron chi connectivity index (χ2n) is 7.52. The summed E-state index contributed by atoms with van der Waals surface area (Å²) >= 11 is 6.45. The number of hydrogen-bond donors (Lipinski definition) is 2. The van der Waals surface area contributed by atoms with Gasteiger partial charge >= 0.3 is 0 Å². The highest BCUT2D eigenvalue weighted by molar-refractivity contribution is 6.38. The van der Waals surface area contributed by atoms with Gasteiger partial charge in [-0.05, 0) is 38.0 Å². The van der Waals surface area contributed by atoms with Gasteiger partial charge in [0.1, 0.15) is 11.9 Å². The molecule has 0 aliphatic heterocycles. The highest BCUT2D eigenvalue weighted by Crippen LogP contribution is 2.28. The molecule has 0 bridgehead atoms. The van der Waals surface area contributed by atoms with Gasteiger partial charge in [0.25, 0.3) is 5.91 Å². The van der Waals surface area contributed by atoms with Crippen molar-refractivity contribution in [1.82, 2.24) is 20.3 Å². The van der Waals surface area contributed by atoms with Crippen molar-refractivity contribution in [1.29, 1.82) is 0 Å². The number of aromatic nitrogens is 3. The summed E-state index contributed by atoms with van der Waals surface area (Å²) in [5, 5.41) is 4.27. The lowest BCUT2D eigenvalue weighted by atomic mass is 9.97. The molecule has 2 N–H and O–H groups in total. The van der Waals surface area contributed by atoms with E-state index in [1.165, 1.54) is 19.3 Å². The molecule has 1 aliphatic rings. The van der Waals surface area contributed by atoms with E-state index in [9.17, 15) is 4.79 Å². The minimum Gasteiger partial charge on any atom is -0.368 e. The standard InChI is InChI=1S/C22H25ClN4O2/c1-14-25-11-15(12-26-14)20(29-16-5-3-2-4-6-16)13-27-22(28)18-7-8-19-17(21(18)23)9-10-24-19/h7-12,16,20,24H,2-6,13H2,1H3,(H,27,28). The molecule has 1 fully saturated rings. The normalized spacial score (nSPS) is 16.1. The van der Waals surface area contributed by atoms with Crippen LogP contribution >= 0.6 is 11.6 Å². The lowest BCUT2D eigenvalue weighted by Gasteiger charge is -2.28. The van der Waals surface area contributed by atoms with E-state index in [0.717, 1.165) is 29.3 Å². The first-order chi connectivity index (χ1) is 14.1. The van der Waals surface area contributed by atoms with Crippen molar-refractivity contribution in [3.63, 3.8) is 0 Å². The van der Waals surface area contributed by atoms with Crippen LogP contribution in [0.2, 0.25) is 5.02 Å². The van der Waals surface area contributed by atoms with Crippen molar-refractivity contribution < 1.29 is 9.53 Å². The first kappa shape index (κ1) is 19.9. The number of rotatable bonds is 6. The van der Waals surface area contributed by atoms with E-state index in [1.807, 2.05) is 25.3 Å². The number of ether oxygens (including phenoxy) is 1. The number of carbonyl (C=O) groups is 1. The molecule has 0 spiro atoms. The van der Waals surface area contributed by atoms with Crippen molar-refractivity contribution in [2.24, 2.45) is 0 Å². The molecule has 29 heavy (non-hydrogen) atoms. The summed E-state index contributed by atoms with van der Waals surface area (Å²) in [6.45, 7) is 2.19. The fraction of sp³-hybridized carbons (Fsp3) is 0.409. The number of nitrogens with one attached hydrogen (secondary N) is 2. The number of aromatic amines is 1. The highest BCUT2D eigenvalue weighted by Gasteiger charge is 2.23. The Hall–Kier alpha value is -2.44. The number of hydrogen-bond acceptors (Lipinski definition) is 4. The number of nitrogens with zero attached hydrogens (tertiary/aromatic N) is 2. The van der Waals surface area contributed by atoms with Crippen LogP contribution in [0.3, 0.4) is 0 Å². The van der Waals surface area contributed by atoms with Crippen LogP contribution in [0, 0.1) is 6.92 Å². The van der Waals surface area contributed by atoms with Crippen LogP contribution in [0.5, 0.6) is 0 Å². The Bertz CT molecular complexity index is 980. The molecule has 3 aromatic rings. The maximum absolute atomic E-state index is 12.8. The Kier molecular flexibility index (Phi) is 6.11. The minimum atomic E-state index is -0.294. The molecule has 1 saturated carbocycles. The van der Waals surface area contributed by atoms with Gasteiger partial charge in [-0.3, -0.25) is 4.79 Å². The van der Waals surface area contributed by atoms with E-state index in [4.69, 9.17) is 16.3 Å². The van der Waals surface area contributed by atoms with Crippen LogP contribution in [0.1, 0.15) is 60.0 Å². The summed E-state index contributed by atoms with van der Waals surface area (Å²) in [4.78, 5) is 24.5. The molecule has 1 aliphatic carbocycles. The molecule has 152 valence electrons. The van der Waals surface area contributed by atoms with E-state index in [1.54, 1.807) is 18.5 Å². The minimum absolute atomic E-state index is 0.201. The van der Waals surface area contributed by atoms with E-state index in [2.05, 4.69) is 20.3 Å². The second-order valence-corrected chi connectivity index (χ2v) is 7.90. The molecule has 6 nitrogen and oxygen atoms in total. The van der Waals surface area contributed by atoms with Gasteiger partial charge in [-0.1, -0.05) is 30.9 Å². The van der Waals surface area contributed by atoms with Gasteiger partial charge in [0.2, 0.25) is 0 Å². The monoisotopic (exact) mass is 412 g/mol.